The molecule has 0 aliphatic carbocycles. The molecule has 36 heavy (non-hydrogen) atoms. The number of thiocarbonyl (C=S) groups is 1. The lowest BCUT2D eigenvalue weighted by atomic mass is 10.0. The molecule has 2 atom stereocenters. The fraction of sp³-hybridized carbons (Fsp3) is 0.185. The largest absolute Gasteiger partial charge is 0.491 e. The molecule has 9 heteroatoms. The minimum Gasteiger partial charge on any atom is -0.491 e. The number of nitrogens with one attached hydrogen (secondary N) is 1. The monoisotopic (exact) mass is 500 g/mol. The molecule has 0 unspecified atom stereocenters. The van der Waals surface area contributed by atoms with Crippen LogP contribution in [0.5, 0.6) is 5.75 Å². The SMILES string of the molecule is CC(C)Oc1ccc(N2C(=S)N[C@@H](c3ccccn3)[C@@H]2c2ccc(-c3ccccc3[N+](=O)[O-])o2)cc1. The number of pyridine rings is 1. The van der Waals surface area contributed by atoms with E-state index < -0.39 is 4.92 Å². The Balaban J connectivity index is 1.57. The van der Waals surface area contributed by atoms with E-state index in [0.717, 1.165) is 17.1 Å². The molecule has 0 bridgehead atoms. The molecular weight excluding hydrogens is 476 g/mol. The standard InChI is InChI=1S/C27H24N4O4S/c1-17(2)34-19-12-10-18(11-13-19)30-26(25(29-27(30)36)21-8-5-6-16-28-21)24-15-14-23(35-24)20-7-3-4-9-22(20)31(32)33/h3-17,25-26H,1-2H3,(H,29,36)/t25-,26-/m0/s1. The molecule has 2 aromatic carbocycles. The van der Waals surface area contributed by atoms with Crippen molar-refractivity contribution in [1.82, 2.24) is 10.3 Å². The first-order valence-corrected chi connectivity index (χ1v) is 11.9. The molecule has 3 heterocycles. The van der Waals surface area contributed by atoms with Crippen LogP contribution < -0.4 is 15.0 Å². The smallest absolute Gasteiger partial charge is 0.280 e. The van der Waals surface area contributed by atoms with E-state index in [4.69, 9.17) is 21.4 Å². The Bertz CT molecular complexity index is 1390. The van der Waals surface area contributed by atoms with Crippen LogP contribution in [0, 0.1) is 10.1 Å². The third kappa shape index (κ3) is 4.52. The highest BCUT2D eigenvalue weighted by molar-refractivity contribution is 7.80. The summed E-state index contributed by atoms with van der Waals surface area (Å²) in [4.78, 5) is 17.7. The highest BCUT2D eigenvalue weighted by Crippen LogP contribution is 2.43. The third-order valence-corrected chi connectivity index (χ3v) is 6.18. The number of anilines is 1. The van der Waals surface area contributed by atoms with Gasteiger partial charge < -0.3 is 19.4 Å². The summed E-state index contributed by atoms with van der Waals surface area (Å²) < 4.78 is 12.1. The Labute approximate surface area is 213 Å². The lowest BCUT2D eigenvalue weighted by Gasteiger charge is -2.26. The fourth-order valence-electron chi connectivity index (χ4n) is 4.38. The van der Waals surface area contributed by atoms with Gasteiger partial charge in [0.05, 0.1) is 28.3 Å². The Morgan fingerprint density at radius 3 is 2.50 bits per heavy atom. The quantitative estimate of drug-likeness (QED) is 0.182. The van der Waals surface area contributed by atoms with Crippen molar-refractivity contribution in [3.63, 3.8) is 0 Å². The van der Waals surface area contributed by atoms with Crippen LogP contribution >= 0.6 is 12.2 Å². The van der Waals surface area contributed by atoms with Crippen LogP contribution in [-0.4, -0.2) is 21.1 Å². The number of ether oxygens (including phenoxy) is 1. The molecule has 0 saturated carbocycles. The number of nitro benzene ring substituents is 1. The van der Waals surface area contributed by atoms with Gasteiger partial charge in [-0.25, -0.2) is 0 Å². The molecule has 182 valence electrons. The van der Waals surface area contributed by atoms with Gasteiger partial charge in [0.15, 0.2) is 5.11 Å². The third-order valence-electron chi connectivity index (χ3n) is 5.87. The molecular formula is C27H24N4O4S. The molecule has 4 aromatic rings. The summed E-state index contributed by atoms with van der Waals surface area (Å²) in [5.74, 6) is 1.78. The van der Waals surface area contributed by atoms with E-state index >= 15 is 0 Å². The van der Waals surface area contributed by atoms with Crippen molar-refractivity contribution >= 4 is 28.7 Å². The first-order chi connectivity index (χ1) is 17.4. The predicted molar refractivity (Wildman–Crippen MR) is 141 cm³/mol. The van der Waals surface area contributed by atoms with Crippen molar-refractivity contribution in [2.75, 3.05) is 4.90 Å². The number of hydrogen-bond acceptors (Lipinski definition) is 6. The average Bonchev–Trinajstić information content (AvgIpc) is 3.49. The van der Waals surface area contributed by atoms with Gasteiger partial charge in [-0.2, -0.15) is 0 Å². The van der Waals surface area contributed by atoms with Gasteiger partial charge in [0.2, 0.25) is 0 Å². The van der Waals surface area contributed by atoms with E-state index in [1.54, 1.807) is 30.5 Å². The number of furan rings is 1. The number of nitrogens with zero attached hydrogens (tertiary/aromatic N) is 3. The zero-order chi connectivity index (χ0) is 25.2. The van der Waals surface area contributed by atoms with Gasteiger partial charge in [0, 0.05) is 18.0 Å². The van der Waals surface area contributed by atoms with Crippen molar-refractivity contribution in [3.05, 3.63) is 107 Å². The van der Waals surface area contributed by atoms with Crippen molar-refractivity contribution in [2.24, 2.45) is 0 Å². The van der Waals surface area contributed by atoms with Crippen LogP contribution in [-0.2, 0) is 0 Å². The van der Waals surface area contributed by atoms with Gasteiger partial charge in [-0.05, 0) is 80.7 Å². The van der Waals surface area contributed by atoms with E-state index in [1.165, 1.54) is 6.07 Å². The first-order valence-electron chi connectivity index (χ1n) is 11.5. The lowest BCUT2D eigenvalue weighted by molar-refractivity contribution is -0.384. The van der Waals surface area contributed by atoms with Crippen LogP contribution in [0.4, 0.5) is 11.4 Å². The number of rotatable bonds is 7. The van der Waals surface area contributed by atoms with Gasteiger partial charge in [-0.1, -0.05) is 18.2 Å². The molecule has 2 aromatic heterocycles. The Morgan fingerprint density at radius 2 is 1.81 bits per heavy atom. The van der Waals surface area contributed by atoms with Gasteiger partial charge in [0.25, 0.3) is 5.69 Å². The number of aromatic nitrogens is 1. The van der Waals surface area contributed by atoms with E-state index in [9.17, 15) is 10.1 Å². The molecule has 1 aliphatic heterocycles. The highest BCUT2D eigenvalue weighted by atomic mass is 32.1. The average molecular weight is 501 g/mol. The number of para-hydroxylation sites is 1. The van der Waals surface area contributed by atoms with Crippen molar-refractivity contribution in [1.29, 1.82) is 0 Å². The van der Waals surface area contributed by atoms with Crippen LogP contribution in [0.15, 0.2) is 89.5 Å². The Hall–Kier alpha value is -4.24. The van der Waals surface area contributed by atoms with Crippen LogP contribution in [0.25, 0.3) is 11.3 Å². The molecule has 1 aliphatic rings. The van der Waals surface area contributed by atoms with Gasteiger partial charge in [0.1, 0.15) is 23.3 Å². The molecule has 5 rings (SSSR count). The molecule has 0 spiro atoms. The summed E-state index contributed by atoms with van der Waals surface area (Å²) in [5, 5.41) is 15.5. The first kappa shape index (κ1) is 23.5. The van der Waals surface area contributed by atoms with Gasteiger partial charge in [-0.3, -0.25) is 15.1 Å². The molecule has 1 fully saturated rings. The number of hydrogen-bond donors (Lipinski definition) is 1. The van der Waals surface area contributed by atoms with Crippen LogP contribution in [0.2, 0.25) is 0 Å². The highest BCUT2D eigenvalue weighted by Gasteiger charge is 2.42. The molecule has 0 amide bonds. The maximum absolute atomic E-state index is 11.6. The second-order valence-corrected chi connectivity index (χ2v) is 9.02. The molecule has 1 saturated heterocycles. The second kappa shape index (κ2) is 9.79. The lowest BCUT2D eigenvalue weighted by Crippen LogP contribution is -2.29. The Morgan fingerprint density at radius 1 is 1.06 bits per heavy atom. The molecule has 8 nitrogen and oxygen atoms in total. The Kier molecular flexibility index (Phi) is 6.39. The zero-order valence-corrected chi connectivity index (χ0v) is 20.5. The van der Waals surface area contributed by atoms with E-state index in [2.05, 4.69) is 10.3 Å². The maximum Gasteiger partial charge on any atom is 0.280 e. The van der Waals surface area contributed by atoms with Crippen LogP contribution in [0.3, 0.4) is 0 Å². The number of nitro groups is 1. The fourth-order valence-corrected chi connectivity index (χ4v) is 4.72. The second-order valence-electron chi connectivity index (χ2n) is 8.63. The van der Waals surface area contributed by atoms with Crippen LogP contribution in [0.1, 0.15) is 37.4 Å². The topological polar surface area (TPSA) is 93.7 Å². The predicted octanol–water partition coefficient (Wildman–Crippen LogP) is 6.21. The van der Waals surface area contributed by atoms with Crippen molar-refractivity contribution < 1.29 is 14.1 Å². The van der Waals surface area contributed by atoms with E-state index in [0.29, 0.717) is 22.2 Å². The van der Waals surface area contributed by atoms with Crippen molar-refractivity contribution in [2.45, 2.75) is 32.0 Å². The minimum atomic E-state index is -0.409. The summed E-state index contributed by atoms with van der Waals surface area (Å²) in [5.41, 5.74) is 2.06. The zero-order valence-electron chi connectivity index (χ0n) is 19.7. The van der Waals surface area contributed by atoms with E-state index in [1.807, 2.05) is 67.3 Å². The summed E-state index contributed by atoms with van der Waals surface area (Å²) in [6.45, 7) is 3.96. The summed E-state index contributed by atoms with van der Waals surface area (Å²) in [6, 6.07) is 22.9. The molecule has 1 N–H and O–H groups in total. The van der Waals surface area contributed by atoms with Gasteiger partial charge in [-0.15, -0.1) is 0 Å². The normalized spacial score (nSPS) is 17.3. The minimum absolute atomic E-state index is 0.0164. The number of benzene rings is 2. The summed E-state index contributed by atoms with van der Waals surface area (Å²) in [6.07, 6.45) is 1.80. The van der Waals surface area contributed by atoms with Gasteiger partial charge >= 0.3 is 0 Å². The summed E-state index contributed by atoms with van der Waals surface area (Å²) in [7, 11) is 0. The summed E-state index contributed by atoms with van der Waals surface area (Å²) >= 11 is 5.76. The maximum atomic E-state index is 11.6. The van der Waals surface area contributed by atoms with E-state index in [-0.39, 0.29) is 23.9 Å². The van der Waals surface area contributed by atoms with Crippen molar-refractivity contribution in [3.8, 4) is 17.1 Å². The molecule has 0 radical (unpaired) electrons.